The molecule has 0 fully saturated rings. The van der Waals surface area contributed by atoms with Crippen LogP contribution in [0.4, 0.5) is 5.69 Å². The average molecular weight is 741 g/mol. The highest BCUT2D eigenvalue weighted by Gasteiger charge is 2.27. The van der Waals surface area contributed by atoms with E-state index in [0.717, 1.165) is 36.5 Å². The van der Waals surface area contributed by atoms with E-state index in [1.807, 2.05) is 24.3 Å². The highest BCUT2D eigenvalue weighted by molar-refractivity contribution is 8.03. The number of aryl methyl sites for hydroxylation is 2. The van der Waals surface area contributed by atoms with Crippen LogP contribution in [-0.4, -0.2) is 19.5 Å². The van der Waals surface area contributed by atoms with Gasteiger partial charge in [-0.05, 0) is 104 Å². The second-order valence-corrected chi connectivity index (χ2v) is 17.3. The third-order valence-corrected chi connectivity index (χ3v) is 12.1. The van der Waals surface area contributed by atoms with Crippen molar-refractivity contribution in [3.63, 3.8) is 0 Å². The zero-order valence-electron chi connectivity index (χ0n) is 28.9. The Balaban J connectivity index is 0.000000336. The third-order valence-electron chi connectivity index (χ3n) is 8.84. The summed E-state index contributed by atoms with van der Waals surface area (Å²) in [5.74, 6) is 0. The second-order valence-electron chi connectivity index (χ2n) is 13.4. The largest absolute Gasteiger partial charge is 0.744 e. The number of aromatic nitrogens is 1. The number of thioether (sulfide) groups is 1. The third kappa shape index (κ3) is 8.11. The van der Waals surface area contributed by atoms with Crippen LogP contribution in [0.5, 0.6) is 0 Å². The molecule has 0 radical (unpaired) electrons. The van der Waals surface area contributed by atoms with E-state index in [-0.39, 0.29) is 10.3 Å². The van der Waals surface area contributed by atoms with E-state index in [1.54, 1.807) is 23.9 Å². The Morgan fingerprint density at radius 1 is 1.00 bits per heavy atom. The molecule has 9 heteroatoms. The molecule has 0 bridgehead atoms. The fourth-order valence-corrected chi connectivity index (χ4v) is 9.75. The van der Waals surface area contributed by atoms with Crippen molar-refractivity contribution in [2.24, 2.45) is 5.41 Å². The molecule has 5 nitrogen and oxygen atoms in total. The van der Waals surface area contributed by atoms with Crippen molar-refractivity contribution in [3.8, 4) is 0 Å². The van der Waals surface area contributed by atoms with Crippen LogP contribution in [0.15, 0.2) is 129 Å². The van der Waals surface area contributed by atoms with Gasteiger partial charge in [0.05, 0.1) is 21.0 Å². The monoisotopic (exact) mass is 740 g/mol. The molecule has 1 aliphatic carbocycles. The topological polar surface area (TPSA) is 64.3 Å². The van der Waals surface area contributed by atoms with Crippen LogP contribution in [0, 0.1) is 12.3 Å². The van der Waals surface area contributed by atoms with Crippen LogP contribution in [0.25, 0.3) is 27.1 Å². The van der Waals surface area contributed by atoms with Crippen molar-refractivity contribution in [2.45, 2.75) is 63.8 Å². The fourth-order valence-electron chi connectivity index (χ4n) is 6.65. The molecule has 4 aromatic carbocycles. The normalized spacial score (nSPS) is 17.4. The number of thiazole rings is 1. The summed E-state index contributed by atoms with van der Waals surface area (Å²) in [6.07, 6.45) is 13.8. The quantitative estimate of drug-likeness (QED) is 0.128. The molecule has 0 saturated carbocycles. The van der Waals surface area contributed by atoms with Gasteiger partial charge in [-0.15, -0.1) is 0 Å². The number of nitrogens with zero attached hydrogens (tertiary/aromatic N) is 2. The number of allylic oxidation sites excluding steroid dienone is 6. The predicted octanol–water partition coefficient (Wildman–Crippen LogP) is 11.1. The van der Waals surface area contributed by atoms with Crippen LogP contribution >= 0.6 is 34.7 Å². The summed E-state index contributed by atoms with van der Waals surface area (Å²) >= 11 is 9.96. The highest BCUT2D eigenvalue weighted by Crippen LogP contribution is 2.47. The van der Waals surface area contributed by atoms with Crippen molar-refractivity contribution in [1.29, 1.82) is 0 Å². The van der Waals surface area contributed by atoms with Gasteiger partial charge < -0.3 is 9.45 Å². The number of fused-ring (bicyclic) bond motifs is 4. The lowest BCUT2D eigenvalue weighted by Gasteiger charge is -2.30. The smallest absolute Gasteiger partial charge is 0.263 e. The first-order valence-electron chi connectivity index (χ1n) is 16.8. The van der Waals surface area contributed by atoms with E-state index < -0.39 is 10.1 Å². The molecule has 1 aliphatic heterocycles. The number of anilines is 1. The maximum atomic E-state index is 10.4. The zero-order chi connectivity index (χ0) is 35.6. The molecule has 0 unspecified atom stereocenters. The van der Waals surface area contributed by atoms with Gasteiger partial charge in [0, 0.05) is 22.5 Å². The number of halogens is 1. The number of hydrogen-bond acceptors (Lipinski definition) is 6. The molecule has 0 spiro atoms. The van der Waals surface area contributed by atoms with Gasteiger partial charge in [-0.3, -0.25) is 0 Å². The SMILES string of the molecule is CCN1/C(=C/C=C/C2=CC(=C\c3sc4ccc5ccccc5c4[n+]3CC)/CC(C)(C)C2)Sc2cc(Cl)ccc21.Cc1ccc(S(=O)(=O)[O-])cc1. The highest BCUT2D eigenvalue weighted by atomic mass is 35.5. The van der Waals surface area contributed by atoms with E-state index in [1.165, 1.54) is 64.9 Å². The van der Waals surface area contributed by atoms with E-state index in [9.17, 15) is 13.0 Å². The van der Waals surface area contributed by atoms with E-state index >= 15 is 0 Å². The summed E-state index contributed by atoms with van der Waals surface area (Å²) in [7, 11) is -4.27. The van der Waals surface area contributed by atoms with Gasteiger partial charge in [-0.25, -0.2) is 8.42 Å². The summed E-state index contributed by atoms with van der Waals surface area (Å²) in [6, 6.07) is 25.2. The van der Waals surface area contributed by atoms with Crippen molar-refractivity contribution in [3.05, 3.63) is 135 Å². The number of benzene rings is 4. The van der Waals surface area contributed by atoms with Crippen molar-refractivity contribution >= 4 is 77.6 Å². The minimum absolute atomic E-state index is 0.178. The van der Waals surface area contributed by atoms with E-state index in [4.69, 9.17) is 11.6 Å². The predicted molar refractivity (Wildman–Crippen MR) is 211 cm³/mol. The summed E-state index contributed by atoms with van der Waals surface area (Å²) in [5.41, 5.74) is 6.54. The minimum Gasteiger partial charge on any atom is -0.744 e. The minimum atomic E-state index is -4.27. The van der Waals surface area contributed by atoms with Crippen LogP contribution in [-0.2, 0) is 16.7 Å². The molecule has 5 aromatic rings. The van der Waals surface area contributed by atoms with Gasteiger partial charge in [-0.1, -0.05) is 109 Å². The fraction of sp³-hybridized carbons (Fsp3) is 0.244. The van der Waals surface area contributed by atoms with Crippen LogP contribution < -0.4 is 9.47 Å². The summed E-state index contributed by atoms with van der Waals surface area (Å²) in [6.45, 7) is 12.9. The molecule has 0 atom stereocenters. The molecule has 1 aromatic heterocycles. The Morgan fingerprint density at radius 3 is 2.48 bits per heavy atom. The second kappa shape index (κ2) is 14.9. The molecule has 258 valence electrons. The Hall–Kier alpha value is -3.66. The maximum absolute atomic E-state index is 10.4. The molecule has 0 saturated heterocycles. The molecular weight excluding hydrogens is 700 g/mol. The Labute approximate surface area is 309 Å². The Morgan fingerprint density at radius 2 is 1.76 bits per heavy atom. The van der Waals surface area contributed by atoms with Crippen LogP contribution in [0.2, 0.25) is 5.02 Å². The van der Waals surface area contributed by atoms with Gasteiger partial charge in [0.15, 0.2) is 0 Å². The number of hydrogen-bond donors (Lipinski definition) is 0. The zero-order valence-corrected chi connectivity index (χ0v) is 32.1. The van der Waals surface area contributed by atoms with Gasteiger partial charge in [0.1, 0.15) is 21.4 Å². The lowest BCUT2D eigenvalue weighted by Crippen LogP contribution is -2.33. The summed E-state index contributed by atoms with van der Waals surface area (Å²) in [4.78, 5) is 3.41. The molecule has 2 heterocycles. The first-order valence-corrected chi connectivity index (χ1v) is 20.2. The Kier molecular flexibility index (Phi) is 10.8. The summed E-state index contributed by atoms with van der Waals surface area (Å²) < 4.78 is 35.0. The van der Waals surface area contributed by atoms with Crippen LogP contribution in [0.3, 0.4) is 0 Å². The van der Waals surface area contributed by atoms with Gasteiger partial charge in [0.2, 0.25) is 5.52 Å². The lowest BCUT2D eigenvalue weighted by molar-refractivity contribution is -0.664. The first-order chi connectivity index (χ1) is 23.8. The molecular formula is C41H41ClN2O3S3. The molecule has 0 N–H and O–H groups in total. The molecule has 50 heavy (non-hydrogen) atoms. The summed E-state index contributed by atoms with van der Waals surface area (Å²) in [5, 5.41) is 6.01. The Bertz CT molecular complexity index is 2300. The van der Waals surface area contributed by atoms with Gasteiger partial charge in [-0.2, -0.15) is 4.57 Å². The lowest BCUT2D eigenvalue weighted by atomic mass is 9.75. The molecule has 7 rings (SSSR count). The molecule has 0 amide bonds. The van der Waals surface area contributed by atoms with Crippen molar-refractivity contribution in [2.75, 3.05) is 11.4 Å². The van der Waals surface area contributed by atoms with E-state index in [2.05, 4.69) is 116 Å². The first kappa shape index (κ1) is 36.1. The van der Waals surface area contributed by atoms with Gasteiger partial charge in [0.25, 0.3) is 5.01 Å². The van der Waals surface area contributed by atoms with Gasteiger partial charge >= 0.3 is 0 Å². The maximum Gasteiger partial charge on any atom is 0.263 e. The number of rotatable bonds is 6. The molecule has 2 aliphatic rings. The average Bonchev–Trinajstić information content (AvgIpc) is 3.60. The standard InChI is InChI=1S/C34H34ClN2S2.C7H8O3S/c1-5-36-28-16-15-26(35)20-30(28)39-31(36)13-9-10-23-18-24(22-34(3,4)21-23)19-32-37(6-2)33-27-12-8-7-11-25(27)14-17-29(33)38-32;1-6-2-4-7(5-3-6)11(8,9)10/h7-20H,5-6,21-22H2,1-4H3;2-5H,1H3,(H,8,9,10)/q+1;/p-1. The van der Waals surface area contributed by atoms with E-state index in [0.29, 0.717) is 0 Å². The van der Waals surface area contributed by atoms with Crippen molar-refractivity contribution < 1.29 is 17.5 Å². The van der Waals surface area contributed by atoms with Crippen molar-refractivity contribution in [1.82, 2.24) is 0 Å². The van der Waals surface area contributed by atoms with Crippen LogP contribution in [0.1, 0.15) is 51.1 Å².